The van der Waals surface area contributed by atoms with E-state index >= 15 is 0 Å². The molecule has 124 valence electrons. The first-order valence-corrected chi connectivity index (χ1v) is 9.33. The van der Waals surface area contributed by atoms with Gasteiger partial charge < -0.3 is 0 Å². The summed E-state index contributed by atoms with van der Waals surface area (Å²) in [6.07, 6.45) is 0. The van der Waals surface area contributed by atoms with E-state index in [4.69, 9.17) is 0 Å². The van der Waals surface area contributed by atoms with Crippen LogP contribution in [0.1, 0.15) is 11.4 Å². The number of hydrogen-bond donors (Lipinski definition) is 1. The Morgan fingerprint density at radius 1 is 1.08 bits per heavy atom. The van der Waals surface area contributed by atoms with Gasteiger partial charge in [0.05, 0.1) is 17.1 Å². The Kier molecular flexibility index (Phi) is 4.74. The van der Waals surface area contributed by atoms with E-state index < -0.39 is 10.0 Å². The molecule has 0 fully saturated rings. The predicted molar refractivity (Wildman–Crippen MR) is 92.1 cm³/mol. The van der Waals surface area contributed by atoms with Crippen molar-refractivity contribution in [1.29, 1.82) is 0 Å². The average molecular weight is 408 g/mol. The summed E-state index contributed by atoms with van der Waals surface area (Å²) in [5, 5.41) is 11.4. The van der Waals surface area contributed by atoms with Crippen LogP contribution in [0, 0.1) is 6.92 Å². The van der Waals surface area contributed by atoms with Crippen molar-refractivity contribution in [3.8, 4) is 5.69 Å². The summed E-state index contributed by atoms with van der Waals surface area (Å²) < 4.78 is 29.5. The number of aromatic nitrogens is 4. The molecule has 0 bridgehead atoms. The summed E-state index contributed by atoms with van der Waals surface area (Å²) >= 11 is 3.28. The second-order valence-electron chi connectivity index (χ2n) is 5.12. The Morgan fingerprint density at radius 2 is 1.75 bits per heavy atom. The van der Waals surface area contributed by atoms with Gasteiger partial charge in [-0.3, -0.25) is 0 Å². The lowest BCUT2D eigenvalue weighted by Gasteiger charge is -2.08. The molecule has 1 N–H and O–H groups in total. The molecule has 3 aromatic rings. The van der Waals surface area contributed by atoms with Gasteiger partial charge in [0.2, 0.25) is 10.0 Å². The third-order valence-corrected chi connectivity index (χ3v) is 5.30. The molecule has 9 heteroatoms. The first-order valence-electron chi connectivity index (χ1n) is 7.05. The minimum Gasteiger partial charge on any atom is -0.207 e. The minimum absolute atomic E-state index is 0.0146. The summed E-state index contributed by atoms with van der Waals surface area (Å²) in [6, 6.07) is 14.0. The maximum Gasteiger partial charge on any atom is 0.240 e. The lowest BCUT2D eigenvalue weighted by Crippen LogP contribution is -2.25. The van der Waals surface area contributed by atoms with Crippen molar-refractivity contribution in [2.45, 2.75) is 18.4 Å². The van der Waals surface area contributed by atoms with E-state index in [9.17, 15) is 8.42 Å². The van der Waals surface area contributed by atoms with Gasteiger partial charge in [-0.25, -0.2) is 13.1 Å². The summed E-state index contributed by atoms with van der Waals surface area (Å²) in [6.45, 7) is 1.97. The Morgan fingerprint density at radius 3 is 2.42 bits per heavy atom. The van der Waals surface area contributed by atoms with Crippen LogP contribution in [0.15, 0.2) is 57.9 Å². The molecule has 0 saturated carbocycles. The zero-order chi connectivity index (χ0) is 17.2. The average Bonchev–Trinajstić information content (AvgIpc) is 3.03. The summed E-state index contributed by atoms with van der Waals surface area (Å²) in [4.78, 5) is 0.181. The molecule has 7 nitrogen and oxygen atoms in total. The van der Waals surface area contributed by atoms with E-state index in [0.29, 0.717) is 5.82 Å². The monoisotopic (exact) mass is 407 g/mol. The van der Waals surface area contributed by atoms with E-state index in [1.807, 2.05) is 31.2 Å². The molecule has 2 aromatic carbocycles. The van der Waals surface area contributed by atoms with Crippen molar-refractivity contribution in [3.63, 3.8) is 0 Å². The molecule has 0 saturated heterocycles. The van der Waals surface area contributed by atoms with Crippen molar-refractivity contribution >= 4 is 26.0 Å². The fourth-order valence-electron chi connectivity index (χ4n) is 2.06. The molecule has 0 unspecified atom stereocenters. The van der Waals surface area contributed by atoms with Crippen LogP contribution in [-0.2, 0) is 16.6 Å². The molecule has 1 heterocycles. The van der Waals surface area contributed by atoms with Crippen molar-refractivity contribution in [1.82, 2.24) is 24.9 Å². The number of benzene rings is 2. The summed E-state index contributed by atoms with van der Waals surface area (Å²) in [7, 11) is -3.64. The molecule has 3 rings (SSSR count). The molecular weight excluding hydrogens is 394 g/mol. The van der Waals surface area contributed by atoms with Gasteiger partial charge in [0.15, 0.2) is 5.82 Å². The highest BCUT2D eigenvalue weighted by molar-refractivity contribution is 9.10. The second kappa shape index (κ2) is 6.80. The summed E-state index contributed by atoms with van der Waals surface area (Å²) in [5.74, 6) is 0.402. The highest BCUT2D eigenvalue weighted by Crippen LogP contribution is 2.15. The van der Waals surface area contributed by atoms with Gasteiger partial charge in [-0.1, -0.05) is 33.6 Å². The normalized spacial score (nSPS) is 11.6. The predicted octanol–water partition coefficient (Wildman–Crippen LogP) is 2.21. The molecule has 0 amide bonds. The van der Waals surface area contributed by atoms with Crippen molar-refractivity contribution < 1.29 is 8.42 Å². The van der Waals surface area contributed by atoms with E-state index in [0.717, 1.165) is 15.7 Å². The van der Waals surface area contributed by atoms with Gasteiger partial charge in [-0.05, 0) is 53.7 Å². The fraction of sp³-hybridized carbons (Fsp3) is 0.133. The number of aryl methyl sites for hydroxylation is 1. The number of hydrogen-bond acceptors (Lipinski definition) is 5. The summed E-state index contributed by atoms with van der Waals surface area (Å²) in [5.41, 5.74) is 1.88. The molecule has 1 aromatic heterocycles. The Labute approximate surface area is 147 Å². The van der Waals surface area contributed by atoms with E-state index in [1.165, 1.54) is 16.8 Å². The lowest BCUT2D eigenvalue weighted by molar-refractivity contribution is 0.578. The molecule has 0 atom stereocenters. The number of nitrogens with zero attached hydrogens (tertiary/aromatic N) is 4. The largest absolute Gasteiger partial charge is 0.240 e. The lowest BCUT2D eigenvalue weighted by atomic mass is 10.2. The van der Waals surface area contributed by atoms with Crippen LogP contribution in [0.5, 0.6) is 0 Å². The van der Waals surface area contributed by atoms with Gasteiger partial charge in [-0.2, -0.15) is 4.68 Å². The minimum atomic E-state index is -3.64. The van der Waals surface area contributed by atoms with Crippen molar-refractivity contribution in [2.75, 3.05) is 0 Å². The standard InChI is InChI=1S/C15H14BrN5O2S/c1-11-2-6-13(7-3-11)21-15(18-19-20-21)10-17-24(22,23)14-8-4-12(16)5-9-14/h2-9,17H,10H2,1H3. The zero-order valence-electron chi connectivity index (χ0n) is 12.7. The van der Waals surface area contributed by atoms with Gasteiger partial charge >= 0.3 is 0 Å². The molecule has 0 aliphatic heterocycles. The SMILES string of the molecule is Cc1ccc(-n2nnnc2CNS(=O)(=O)c2ccc(Br)cc2)cc1. The van der Waals surface area contributed by atoms with Gasteiger partial charge in [0, 0.05) is 4.47 Å². The zero-order valence-corrected chi connectivity index (χ0v) is 15.1. The van der Waals surface area contributed by atoms with E-state index in [1.54, 1.807) is 12.1 Å². The molecule has 0 spiro atoms. The van der Waals surface area contributed by atoms with E-state index in [-0.39, 0.29) is 11.4 Å². The Balaban J connectivity index is 1.79. The second-order valence-corrected chi connectivity index (χ2v) is 7.80. The smallest absolute Gasteiger partial charge is 0.207 e. The van der Waals surface area contributed by atoms with Crippen LogP contribution in [0.25, 0.3) is 5.69 Å². The highest BCUT2D eigenvalue weighted by atomic mass is 79.9. The Bertz CT molecular complexity index is 937. The van der Waals surface area contributed by atoms with E-state index in [2.05, 4.69) is 36.2 Å². The van der Waals surface area contributed by atoms with Crippen LogP contribution in [0.3, 0.4) is 0 Å². The maximum atomic E-state index is 12.3. The molecule has 0 aliphatic carbocycles. The van der Waals surface area contributed by atoms with Crippen LogP contribution < -0.4 is 4.72 Å². The van der Waals surface area contributed by atoms with Crippen LogP contribution in [0.4, 0.5) is 0 Å². The topological polar surface area (TPSA) is 89.8 Å². The maximum absolute atomic E-state index is 12.3. The van der Waals surface area contributed by atoms with Crippen LogP contribution >= 0.6 is 15.9 Å². The van der Waals surface area contributed by atoms with Crippen molar-refractivity contribution in [3.05, 3.63) is 64.4 Å². The number of tetrazole rings is 1. The van der Waals surface area contributed by atoms with Gasteiger partial charge in [0.1, 0.15) is 0 Å². The molecule has 0 radical (unpaired) electrons. The van der Waals surface area contributed by atoms with Gasteiger partial charge in [-0.15, -0.1) is 5.10 Å². The number of sulfonamides is 1. The molecule has 24 heavy (non-hydrogen) atoms. The first-order chi connectivity index (χ1) is 11.5. The number of nitrogens with one attached hydrogen (secondary N) is 1. The van der Waals surface area contributed by atoms with Gasteiger partial charge in [0.25, 0.3) is 0 Å². The fourth-order valence-corrected chi connectivity index (χ4v) is 3.30. The first kappa shape index (κ1) is 16.7. The number of rotatable bonds is 5. The van der Waals surface area contributed by atoms with Crippen LogP contribution in [0.2, 0.25) is 0 Å². The van der Waals surface area contributed by atoms with Crippen molar-refractivity contribution in [2.24, 2.45) is 0 Å². The number of halogens is 1. The quantitative estimate of drug-likeness (QED) is 0.699. The van der Waals surface area contributed by atoms with Crippen LogP contribution in [-0.4, -0.2) is 28.6 Å². The third-order valence-electron chi connectivity index (χ3n) is 3.36. The third kappa shape index (κ3) is 3.69. The highest BCUT2D eigenvalue weighted by Gasteiger charge is 2.16. The molecular formula is C15H14BrN5O2S. The Hall–Kier alpha value is -2.10. The molecule has 0 aliphatic rings.